The van der Waals surface area contributed by atoms with Crippen molar-refractivity contribution in [3.05, 3.63) is 64.7 Å². The second-order valence-electron chi connectivity index (χ2n) is 6.95. The molecule has 2 aromatic carbocycles. The second-order valence-corrected chi connectivity index (χ2v) is 6.95. The zero-order valence-electron chi connectivity index (χ0n) is 18.3. The van der Waals surface area contributed by atoms with Crippen LogP contribution in [0.2, 0.25) is 0 Å². The van der Waals surface area contributed by atoms with E-state index in [4.69, 9.17) is 9.84 Å². The van der Waals surface area contributed by atoms with Crippen LogP contribution < -0.4 is 4.74 Å². The van der Waals surface area contributed by atoms with Crippen LogP contribution >= 0.6 is 0 Å². The number of rotatable bonds is 3. The van der Waals surface area contributed by atoms with Crippen LogP contribution in [0.4, 0.5) is 0 Å². The average Bonchev–Trinajstić information content (AvgIpc) is 2.71. The van der Waals surface area contributed by atoms with Gasteiger partial charge in [-0.1, -0.05) is 65.8 Å². The van der Waals surface area contributed by atoms with Crippen LogP contribution in [0.15, 0.2) is 42.5 Å². The third-order valence-corrected chi connectivity index (χ3v) is 4.69. The lowest BCUT2D eigenvalue weighted by atomic mass is 9.79. The van der Waals surface area contributed by atoms with Gasteiger partial charge >= 0.3 is 5.97 Å². The zero-order chi connectivity index (χ0) is 21.3. The number of hydrogen-bond acceptors (Lipinski definition) is 2. The van der Waals surface area contributed by atoms with Crippen LogP contribution in [-0.4, -0.2) is 17.7 Å². The van der Waals surface area contributed by atoms with Gasteiger partial charge in [-0.05, 0) is 59.7 Å². The fourth-order valence-electron chi connectivity index (χ4n) is 3.04. The largest absolute Gasteiger partial charge is 0.493 e. The van der Waals surface area contributed by atoms with E-state index in [2.05, 4.69) is 45.0 Å². The summed E-state index contributed by atoms with van der Waals surface area (Å²) in [5.74, 6) is 0.0766. The fourth-order valence-corrected chi connectivity index (χ4v) is 3.04. The summed E-state index contributed by atoms with van der Waals surface area (Å²) in [7, 11) is 0. The summed E-state index contributed by atoms with van der Waals surface area (Å²) >= 11 is 0. The molecular weight excluding hydrogens is 348 g/mol. The van der Waals surface area contributed by atoms with Gasteiger partial charge in [-0.15, -0.1) is 0 Å². The average molecular weight is 383 g/mol. The molecule has 28 heavy (non-hydrogen) atoms. The van der Waals surface area contributed by atoms with Crippen molar-refractivity contribution in [2.45, 2.75) is 60.3 Å². The van der Waals surface area contributed by atoms with Gasteiger partial charge in [0.1, 0.15) is 5.75 Å². The van der Waals surface area contributed by atoms with Crippen LogP contribution in [0.1, 0.15) is 81.9 Å². The van der Waals surface area contributed by atoms with E-state index < -0.39 is 5.97 Å². The zero-order valence-corrected chi connectivity index (χ0v) is 18.3. The quantitative estimate of drug-likeness (QED) is 0.578. The van der Waals surface area contributed by atoms with Gasteiger partial charge in [0.15, 0.2) is 0 Å². The maximum Gasteiger partial charge on any atom is 0.335 e. The molecule has 0 amide bonds. The molecule has 0 saturated heterocycles. The van der Waals surface area contributed by atoms with Crippen molar-refractivity contribution in [3.8, 4) is 5.75 Å². The van der Waals surface area contributed by atoms with E-state index in [-0.39, 0.29) is 5.41 Å². The van der Waals surface area contributed by atoms with Gasteiger partial charge in [0.25, 0.3) is 0 Å². The van der Waals surface area contributed by atoms with Crippen LogP contribution in [0, 0.1) is 0 Å². The first-order valence-corrected chi connectivity index (χ1v) is 10.2. The molecule has 3 rings (SSSR count). The number of carbonyl (C=O) groups is 1. The fraction of sp³-hybridized carbons (Fsp3) is 0.400. The Kier molecular flexibility index (Phi) is 8.98. The van der Waals surface area contributed by atoms with Crippen molar-refractivity contribution in [3.63, 3.8) is 0 Å². The summed E-state index contributed by atoms with van der Waals surface area (Å²) in [4.78, 5) is 10.9. The Hall–Kier alpha value is -2.55. The van der Waals surface area contributed by atoms with Gasteiger partial charge in [0.2, 0.25) is 0 Å². The molecule has 1 aliphatic heterocycles. The van der Waals surface area contributed by atoms with Crippen molar-refractivity contribution >= 4 is 17.6 Å². The maximum absolute atomic E-state index is 10.9. The van der Waals surface area contributed by atoms with Crippen molar-refractivity contribution in [2.75, 3.05) is 6.61 Å². The van der Waals surface area contributed by atoms with Crippen LogP contribution in [-0.2, 0) is 5.41 Å². The Morgan fingerprint density at radius 2 is 1.57 bits per heavy atom. The summed E-state index contributed by atoms with van der Waals surface area (Å²) in [5.41, 5.74) is 4.97. The Bertz CT molecular complexity index is 799. The predicted molar refractivity (Wildman–Crippen MR) is 119 cm³/mol. The minimum absolute atomic E-state index is 0.118. The third-order valence-electron chi connectivity index (χ3n) is 4.69. The van der Waals surface area contributed by atoms with E-state index >= 15 is 0 Å². The van der Waals surface area contributed by atoms with Crippen molar-refractivity contribution in [2.24, 2.45) is 0 Å². The van der Waals surface area contributed by atoms with Gasteiger partial charge in [-0.3, -0.25) is 0 Å². The molecule has 0 bridgehead atoms. The van der Waals surface area contributed by atoms with E-state index in [0.29, 0.717) is 5.56 Å². The monoisotopic (exact) mass is 382 g/mol. The van der Waals surface area contributed by atoms with Gasteiger partial charge in [0, 0.05) is 5.56 Å². The van der Waals surface area contributed by atoms with Crippen molar-refractivity contribution < 1.29 is 14.6 Å². The highest BCUT2D eigenvalue weighted by Gasteiger charge is 2.28. The Labute approximate surface area is 170 Å². The van der Waals surface area contributed by atoms with Crippen molar-refractivity contribution in [1.82, 2.24) is 0 Å². The molecule has 0 unspecified atom stereocenters. The van der Waals surface area contributed by atoms with Crippen LogP contribution in [0.25, 0.3) is 11.6 Å². The Morgan fingerprint density at radius 3 is 2.14 bits per heavy atom. The molecular formula is C25H34O3. The summed E-state index contributed by atoms with van der Waals surface area (Å²) < 4.78 is 5.77. The third kappa shape index (κ3) is 5.72. The first-order valence-electron chi connectivity index (χ1n) is 10.2. The molecule has 0 spiro atoms. The molecule has 0 aliphatic carbocycles. The lowest BCUT2D eigenvalue weighted by Gasteiger charge is -2.32. The summed E-state index contributed by atoms with van der Waals surface area (Å²) in [6, 6.07) is 13.3. The van der Waals surface area contributed by atoms with E-state index in [0.717, 1.165) is 35.5 Å². The number of carboxylic acid groups (broad SMARTS) is 1. The topological polar surface area (TPSA) is 46.5 Å². The highest BCUT2D eigenvalue weighted by Crippen LogP contribution is 2.39. The Balaban J connectivity index is 0.000000921. The number of fused-ring (bicyclic) bond motifs is 1. The molecule has 0 fully saturated rings. The standard InChI is InChI=1S/C21H22O3.2C2H6/c1-14(12-15-4-6-16(7-5-15)20(22)23)17-8-9-19-18(13-17)21(2,3)10-11-24-19;2*1-2/h4-9,12-13H,10-11H2,1-3H3,(H,22,23);2*1-2H3/b14-12+;;. The van der Waals surface area contributed by atoms with Gasteiger partial charge in [0.05, 0.1) is 12.2 Å². The lowest BCUT2D eigenvalue weighted by Crippen LogP contribution is -2.26. The van der Waals surface area contributed by atoms with E-state index in [1.807, 2.05) is 39.8 Å². The predicted octanol–water partition coefficient (Wildman–Crippen LogP) is 7.06. The minimum Gasteiger partial charge on any atom is -0.493 e. The molecule has 2 aromatic rings. The second kappa shape index (κ2) is 10.7. The molecule has 0 radical (unpaired) electrons. The number of allylic oxidation sites excluding steroid dienone is 1. The maximum atomic E-state index is 10.9. The molecule has 1 heterocycles. The first kappa shape index (κ1) is 23.5. The minimum atomic E-state index is -0.904. The van der Waals surface area contributed by atoms with Crippen LogP contribution in [0.5, 0.6) is 5.75 Å². The summed E-state index contributed by atoms with van der Waals surface area (Å²) in [6.45, 7) is 15.3. The number of ether oxygens (including phenoxy) is 1. The van der Waals surface area contributed by atoms with Crippen LogP contribution in [0.3, 0.4) is 0 Å². The molecule has 1 N–H and O–H groups in total. The number of hydrogen-bond donors (Lipinski definition) is 1. The molecule has 3 heteroatoms. The SMILES string of the molecule is C/C(=C\c1ccc(C(=O)O)cc1)c1ccc2c(c1)C(C)(C)CCO2.CC.CC. The number of benzene rings is 2. The van der Waals surface area contributed by atoms with Gasteiger partial charge < -0.3 is 9.84 Å². The first-order chi connectivity index (χ1) is 13.4. The van der Waals surface area contributed by atoms with E-state index in [1.54, 1.807) is 12.1 Å². The smallest absolute Gasteiger partial charge is 0.335 e. The lowest BCUT2D eigenvalue weighted by molar-refractivity contribution is 0.0697. The van der Waals surface area contributed by atoms with E-state index in [9.17, 15) is 4.79 Å². The molecule has 0 atom stereocenters. The number of aromatic carboxylic acids is 1. The molecule has 152 valence electrons. The summed E-state index contributed by atoms with van der Waals surface area (Å²) in [5, 5.41) is 8.97. The molecule has 0 aromatic heterocycles. The van der Waals surface area contributed by atoms with E-state index in [1.165, 1.54) is 5.56 Å². The summed E-state index contributed by atoms with van der Waals surface area (Å²) in [6.07, 6.45) is 3.09. The molecule has 3 nitrogen and oxygen atoms in total. The normalized spacial score (nSPS) is 14.3. The molecule has 1 aliphatic rings. The molecule has 0 saturated carbocycles. The van der Waals surface area contributed by atoms with Gasteiger partial charge in [-0.25, -0.2) is 4.79 Å². The number of carboxylic acids is 1. The highest BCUT2D eigenvalue weighted by atomic mass is 16.5. The van der Waals surface area contributed by atoms with Gasteiger partial charge in [-0.2, -0.15) is 0 Å². The van der Waals surface area contributed by atoms with Crippen molar-refractivity contribution in [1.29, 1.82) is 0 Å². The highest BCUT2D eigenvalue weighted by molar-refractivity contribution is 5.88. The Morgan fingerprint density at radius 1 is 1.00 bits per heavy atom.